The number of carbonyl (C=O) groups is 1. The van der Waals surface area contributed by atoms with E-state index in [1.807, 2.05) is 0 Å². The van der Waals surface area contributed by atoms with Crippen LogP contribution in [0.25, 0.3) is 0 Å². The first kappa shape index (κ1) is 16.6. The maximum Gasteiger partial charge on any atom is 0.347 e. The van der Waals surface area contributed by atoms with Crippen molar-refractivity contribution in [2.45, 2.75) is 25.7 Å². The molecule has 1 saturated heterocycles. The predicted octanol–water partition coefficient (Wildman–Crippen LogP) is 2.46. The van der Waals surface area contributed by atoms with Crippen LogP contribution in [0.2, 0.25) is 0 Å². The van der Waals surface area contributed by atoms with Gasteiger partial charge in [0.05, 0.1) is 10.7 Å². The van der Waals surface area contributed by atoms with Gasteiger partial charge in [0.1, 0.15) is 4.88 Å². The van der Waals surface area contributed by atoms with Crippen molar-refractivity contribution >= 4 is 42.1 Å². The molecule has 2 rings (SSSR count). The molecule has 1 atom stereocenters. The van der Waals surface area contributed by atoms with Crippen LogP contribution in [0, 0.1) is 6.92 Å². The normalized spacial score (nSPS) is 19.0. The van der Waals surface area contributed by atoms with Gasteiger partial charge in [-0.1, -0.05) is 0 Å². The fourth-order valence-corrected chi connectivity index (χ4v) is 2.89. The maximum atomic E-state index is 10.9. The van der Waals surface area contributed by atoms with Crippen LogP contribution in [0.15, 0.2) is 0 Å². The quantitative estimate of drug-likeness (QED) is 0.880. The van der Waals surface area contributed by atoms with Crippen molar-refractivity contribution in [2.75, 3.05) is 13.1 Å². The average Bonchev–Trinajstić information content (AvgIpc) is 2.62. The molecule has 0 aromatic carbocycles. The number of hydrogen-bond donors (Lipinski definition) is 2. The Kier molecular flexibility index (Phi) is 7.01. The number of piperidine rings is 1. The molecule has 2 heterocycles. The zero-order chi connectivity index (χ0) is 10.8. The molecule has 2 N–H and O–H groups in total. The van der Waals surface area contributed by atoms with Crippen molar-refractivity contribution in [3.05, 3.63) is 15.6 Å². The largest absolute Gasteiger partial charge is 0.477 e. The Morgan fingerprint density at radius 3 is 2.71 bits per heavy atom. The van der Waals surface area contributed by atoms with Gasteiger partial charge in [-0.2, -0.15) is 0 Å². The summed E-state index contributed by atoms with van der Waals surface area (Å²) in [7, 11) is 0. The summed E-state index contributed by atoms with van der Waals surface area (Å²) in [5, 5.41) is 13.2. The number of rotatable bonds is 2. The van der Waals surface area contributed by atoms with Gasteiger partial charge >= 0.3 is 5.97 Å². The molecule has 1 unspecified atom stereocenters. The number of carboxylic acid groups (broad SMARTS) is 1. The van der Waals surface area contributed by atoms with Gasteiger partial charge in [-0.3, -0.25) is 0 Å². The lowest BCUT2D eigenvalue weighted by atomic mass is 10.0. The minimum atomic E-state index is -0.861. The van der Waals surface area contributed by atoms with E-state index in [-0.39, 0.29) is 24.8 Å². The summed E-state index contributed by atoms with van der Waals surface area (Å²) < 4.78 is 0. The fraction of sp³-hybridized carbons (Fsp3) is 0.600. The number of aromatic carboxylic acids is 1. The highest BCUT2D eigenvalue weighted by Gasteiger charge is 2.22. The van der Waals surface area contributed by atoms with Crippen molar-refractivity contribution in [1.82, 2.24) is 10.3 Å². The van der Waals surface area contributed by atoms with Crippen molar-refractivity contribution in [2.24, 2.45) is 0 Å². The van der Waals surface area contributed by atoms with Gasteiger partial charge in [0.2, 0.25) is 0 Å². The molecule has 0 saturated carbocycles. The number of aryl methyl sites for hydroxylation is 1. The van der Waals surface area contributed by atoms with E-state index in [9.17, 15) is 4.79 Å². The highest BCUT2D eigenvalue weighted by atomic mass is 35.5. The van der Waals surface area contributed by atoms with Crippen molar-refractivity contribution in [3.8, 4) is 0 Å². The molecule has 7 heteroatoms. The van der Waals surface area contributed by atoms with Gasteiger partial charge in [0, 0.05) is 12.5 Å². The summed E-state index contributed by atoms with van der Waals surface area (Å²) in [6, 6.07) is 0. The smallest absolute Gasteiger partial charge is 0.347 e. The average molecular weight is 299 g/mol. The van der Waals surface area contributed by atoms with E-state index in [2.05, 4.69) is 10.3 Å². The number of aromatic nitrogens is 1. The molecule has 1 fully saturated rings. The van der Waals surface area contributed by atoms with E-state index >= 15 is 0 Å². The fourth-order valence-electron chi connectivity index (χ4n) is 1.85. The summed E-state index contributed by atoms with van der Waals surface area (Å²) in [6.07, 6.45) is 2.25. The van der Waals surface area contributed by atoms with Crippen LogP contribution in [0.4, 0.5) is 0 Å². The van der Waals surface area contributed by atoms with Crippen LogP contribution < -0.4 is 5.32 Å². The highest BCUT2D eigenvalue weighted by molar-refractivity contribution is 7.13. The summed E-state index contributed by atoms with van der Waals surface area (Å²) in [6.45, 7) is 3.75. The molecule has 1 aromatic heterocycles. The molecule has 17 heavy (non-hydrogen) atoms. The topological polar surface area (TPSA) is 62.2 Å². The first-order chi connectivity index (χ1) is 7.18. The lowest BCUT2D eigenvalue weighted by Crippen LogP contribution is -2.28. The van der Waals surface area contributed by atoms with E-state index in [0.717, 1.165) is 30.9 Å². The molecular weight excluding hydrogens is 283 g/mol. The van der Waals surface area contributed by atoms with E-state index in [0.29, 0.717) is 16.5 Å². The number of nitrogens with zero attached hydrogens (tertiary/aromatic N) is 1. The van der Waals surface area contributed by atoms with Crippen LogP contribution in [0.1, 0.15) is 39.1 Å². The standard InChI is InChI=1S/C10H14N2O2S.2ClH/c1-6-8(10(13)14)15-9(12-6)7-3-2-4-11-5-7;;/h7,11H,2-5H2,1H3,(H,13,14);2*1H. The Hall–Kier alpha value is -0.360. The highest BCUT2D eigenvalue weighted by Crippen LogP contribution is 2.29. The monoisotopic (exact) mass is 298 g/mol. The van der Waals surface area contributed by atoms with E-state index < -0.39 is 5.97 Å². The molecular formula is C10H16Cl2N2O2S. The Balaban J connectivity index is 0.00000128. The molecule has 0 aliphatic carbocycles. The van der Waals surface area contributed by atoms with Crippen LogP contribution >= 0.6 is 36.2 Å². The van der Waals surface area contributed by atoms with Gasteiger partial charge in [0.25, 0.3) is 0 Å². The summed E-state index contributed by atoms with van der Waals surface area (Å²) in [5.41, 5.74) is 0.646. The number of thiazole rings is 1. The third kappa shape index (κ3) is 3.81. The molecule has 1 aliphatic heterocycles. The molecule has 0 bridgehead atoms. The lowest BCUT2D eigenvalue weighted by molar-refractivity contribution is 0.0701. The van der Waals surface area contributed by atoms with Crippen LogP contribution in [-0.4, -0.2) is 29.1 Å². The Bertz CT molecular complexity index is 378. The second-order valence-corrected chi connectivity index (χ2v) is 4.85. The third-order valence-corrected chi connectivity index (χ3v) is 3.96. The number of hydrogen-bond acceptors (Lipinski definition) is 4. The summed E-state index contributed by atoms with van der Waals surface area (Å²) in [5.74, 6) is -0.462. The van der Waals surface area contributed by atoms with E-state index in [1.54, 1.807) is 6.92 Å². The molecule has 0 radical (unpaired) electrons. The van der Waals surface area contributed by atoms with Gasteiger partial charge in [-0.05, 0) is 26.3 Å². The SMILES string of the molecule is Cc1nc(C2CCCNC2)sc1C(=O)O.Cl.Cl. The Morgan fingerprint density at radius 2 is 2.24 bits per heavy atom. The molecule has 1 aliphatic rings. The van der Waals surface area contributed by atoms with Crippen molar-refractivity contribution in [3.63, 3.8) is 0 Å². The van der Waals surface area contributed by atoms with Gasteiger partial charge in [0.15, 0.2) is 0 Å². The first-order valence-electron chi connectivity index (χ1n) is 5.10. The van der Waals surface area contributed by atoms with Crippen LogP contribution in [-0.2, 0) is 0 Å². The number of nitrogens with one attached hydrogen (secondary N) is 1. The predicted molar refractivity (Wildman–Crippen MR) is 73.2 cm³/mol. The molecule has 4 nitrogen and oxygen atoms in total. The van der Waals surface area contributed by atoms with Gasteiger partial charge in [-0.25, -0.2) is 9.78 Å². The molecule has 1 aromatic rings. The second-order valence-electron chi connectivity index (χ2n) is 3.82. The van der Waals surface area contributed by atoms with Crippen LogP contribution in [0.3, 0.4) is 0 Å². The molecule has 0 amide bonds. The molecule has 98 valence electrons. The minimum absolute atomic E-state index is 0. The van der Waals surface area contributed by atoms with Crippen molar-refractivity contribution < 1.29 is 9.90 Å². The Morgan fingerprint density at radius 1 is 1.53 bits per heavy atom. The lowest BCUT2D eigenvalue weighted by Gasteiger charge is -2.20. The second kappa shape index (κ2) is 7.16. The van der Waals surface area contributed by atoms with Crippen molar-refractivity contribution in [1.29, 1.82) is 0 Å². The van der Waals surface area contributed by atoms with E-state index in [1.165, 1.54) is 11.3 Å². The zero-order valence-corrected chi connectivity index (χ0v) is 11.9. The summed E-state index contributed by atoms with van der Waals surface area (Å²) >= 11 is 1.32. The number of carboxylic acids is 1. The maximum absolute atomic E-state index is 10.9. The summed E-state index contributed by atoms with van der Waals surface area (Å²) in [4.78, 5) is 15.6. The van der Waals surface area contributed by atoms with E-state index in [4.69, 9.17) is 5.11 Å². The number of halogens is 2. The van der Waals surface area contributed by atoms with Gasteiger partial charge < -0.3 is 10.4 Å². The van der Waals surface area contributed by atoms with Gasteiger partial charge in [-0.15, -0.1) is 36.2 Å². The van der Waals surface area contributed by atoms with Crippen LogP contribution in [0.5, 0.6) is 0 Å². The Labute approximate surface area is 117 Å². The molecule has 0 spiro atoms. The first-order valence-corrected chi connectivity index (χ1v) is 5.91. The third-order valence-electron chi connectivity index (χ3n) is 2.65. The minimum Gasteiger partial charge on any atom is -0.477 e. The zero-order valence-electron chi connectivity index (χ0n) is 9.43.